The van der Waals surface area contributed by atoms with Crippen LogP contribution in [0, 0.1) is 0 Å². The first-order valence-corrected chi connectivity index (χ1v) is 6.23. The summed E-state index contributed by atoms with van der Waals surface area (Å²) < 4.78 is 5.62. The lowest BCUT2D eigenvalue weighted by Crippen LogP contribution is -2.23. The third kappa shape index (κ3) is 3.24. The van der Waals surface area contributed by atoms with Crippen LogP contribution >= 0.6 is 0 Å². The van der Waals surface area contributed by atoms with Gasteiger partial charge in [0.15, 0.2) is 0 Å². The molecule has 1 aromatic carbocycles. The zero-order valence-electron chi connectivity index (χ0n) is 10.2. The minimum atomic E-state index is 0.252. The molecule has 0 spiro atoms. The van der Waals surface area contributed by atoms with Crippen molar-refractivity contribution in [2.45, 2.75) is 45.3 Å². The molecule has 1 aliphatic heterocycles. The van der Waals surface area contributed by atoms with Crippen LogP contribution in [0.25, 0.3) is 0 Å². The highest BCUT2D eigenvalue weighted by atomic mass is 16.5. The molecule has 2 nitrogen and oxygen atoms in total. The number of nitrogens with one attached hydrogen (secondary N) is 1. The quantitative estimate of drug-likeness (QED) is 0.840. The van der Waals surface area contributed by atoms with Crippen molar-refractivity contribution in [3.8, 4) is 5.75 Å². The average molecular weight is 219 g/mol. The topological polar surface area (TPSA) is 21.3 Å². The fourth-order valence-corrected chi connectivity index (χ4v) is 2.19. The van der Waals surface area contributed by atoms with Crippen LogP contribution in [0.2, 0.25) is 0 Å². The number of hydrogen-bond donors (Lipinski definition) is 1. The van der Waals surface area contributed by atoms with E-state index in [9.17, 15) is 0 Å². The molecule has 0 aromatic heterocycles. The molecule has 1 unspecified atom stereocenters. The maximum Gasteiger partial charge on any atom is 0.119 e. The van der Waals surface area contributed by atoms with E-state index in [0.29, 0.717) is 6.04 Å². The van der Waals surface area contributed by atoms with Crippen LogP contribution in [0.4, 0.5) is 0 Å². The molecular weight excluding hydrogens is 198 g/mol. The fraction of sp³-hybridized carbons (Fsp3) is 0.571. The molecule has 0 saturated carbocycles. The molecule has 0 bridgehead atoms. The van der Waals surface area contributed by atoms with Crippen LogP contribution < -0.4 is 10.1 Å². The molecule has 2 heteroatoms. The predicted octanol–water partition coefficient (Wildman–Crippen LogP) is 2.77. The van der Waals surface area contributed by atoms with E-state index in [4.69, 9.17) is 4.74 Å². The monoisotopic (exact) mass is 219 g/mol. The molecule has 1 fully saturated rings. The van der Waals surface area contributed by atoms with Crippen LogP contribution in [0.3, 0.4) is 0 Å². The Hall–Kier alpha value is -1.02. The molecule has 1 aliphatic rings. The van der Waals surface area contributed by atoms with E-state index in [1.165, 1.54) is 24.9 Å². The SMILES string of the molecule is CC(C)Oc1ccc(CC2CCCN2)cc1. The Morgan fingerprint density at radius 3 is 2.62 bits per heavy atom. The highest BCUT2D eigenvalue weighted by Crippen LogP contribution is 2.17. The van der Waals surface area contributed by atoms with Crippen LogP contribution in [-0.2, 0) is 6.42 Å². The zero-order valence-corrected chi connectivity index (χ0v) is 10.2. The van der Waals surface area contributed by atoms with Crippen LogP contribution in [0.5, 0.6) is 5.75 Å². The van der Waals surface area contributed by atoms with Crippen molar-refractivity contribution in [2.75, 3.05) is 6.54 Å². The summed E-state index contributed by atoms with van der Waals surface area (Å²) in [5, 5.41) is 3.52. The van der Waals surface area contributed by atoms with Gasteiger partial charge in [-0.2, -0.15) is 0 Å². The van der Waals surface area contributed by atoms with E-state index < -0.39 is 0 Å². The largest absolute Gasteiger partial charge is 0.491 e. The van der Waals surface area contributed by atoms with E-state index in [-0.39, 0.29) is 6.10 Å². The van der Waals surface area contributed by atoms with Crippen molar-refractivity contribution < 1.29 is 4.74 Å². The zero-order chi connectivity index (χ0) is 11.4. The van der Waals surface area contributed by atoms with Gasteiger partial charge in [-0.05, 0) is 57.4 Å². The summed E-state index contributed by atoms with van der Waals surface area (Å²) in [6.45, 7) is 5.28. The van der Waals surface area contributed by atoms with E-state index in [1.54, 1.807) is 0 Å². The van der Waals surface area contributed by atoms with Crippen molar-refractivity contribution in [1.29, 1.82) is 0 Å². The summed E-state index contributed by atoms with van der Waals surface area (Å²) >= 11 is 0. The van der Waals surface area contributed by atoms with E-state index in [0.717, 1.165) is 12.2 Å². The predicted molar refractivity (Wildman–Crippen MR) is 66.9 cm³/mol. The molecule has 0 amide bonds. The van der Waals surface area contributed by atoms with Crippen LogP contribution in [0.1, 0.15) is 32.3 Å². The minimum absolute atomic E-state index is 0.252. The van der Waals surface area contributed by atoms with E-state index >= 15 is 0 Å². The third-order valence-electron chi connectivity index (χ3n) is 2.94. The van der Waals surface area contributed by atoms with E-state index in [2.05, 4.69) is 43.4 Å². The summed E-state index contributed by atoms with van der Waals surface area (Å²) in [6.07, 6.45) is 4.02. The van der Waals surface area contributed by atoms with Crippen molar-refractivity contribution >= 4 is 0 Å². The van der Waals surface area contributed by atoms with Crippen LogP contribution in [0.15, 0.2) is 24.3 Å². The molecule has 0 radical (unpaired) electrons. The van der Waals surface area contributed by atoms with Crippen molar-refractivity contribution in [1.82, 2.24) is 5.32 Å². The second-order valence-corrected chi connectivity index (χ2v) is 4.81. The molecule has 1 aromatic rings. The Morgan fingerprint density at radius 1 is 1.31 bits per heavy atom. The third-order valence-corrected chi connectivity index (χ3v) is 2.94. The highest BCUT2D eigenvalue weighted by Gasteiger charge is 2.14. The van der Waals surface area contributed by atoms with Gasteiger partial charge in [-0.1, -0.05) is 12.1 Å². The number of ether oxygens (including phenoxy) is 1. The van der Waals surface area contributed by atoms with Gasteiger partial charge in [-0.15, -0.1) is 0 Å². The van der Waals surface area contributed by atoms with Gasteiger partial charge in [-0.25, -0.2) is 0 Å². The molecule has 1 heterocycles. The average Bonchev–Trinajstić information content (AvgIpc) is 2.73. The van der Waals surface area contributed by atoms with Crippen LogP contribution in [-0.4, -0.2) is 18.7 Å². The Balaban J connectivity index is 1.90. The first kappa shape index (κ1) is 11.5. The summed E-state index contributed by atoms with van der Waals surface area (Å²) in [7, 11) is 0. The van der Waals surface area contributed by atoms with Crippen molar-refractivity contribution in [3.05, 3.63) is 29.8 Å². The first-order chi connectivity index (χ1) is 7.74. The Bertz CT molecular complexity index is 312. The Morgan fingerprint density at radius 2 is 2.06 bits per heavy atom. The maximum absolute atomic E-state index is 5.62. The first-order valence-electron chi connectivity index (χ1n) is 6.23. The van der Waals surface area contributed by atoms with E-state index in [1.807, 2.05) is 0 Å². The number of hydrogen-bond acceptors (Lipinski definition) is 2. The van der Waals surface area contributed by atoms with Crippen molar-refractivity contribution in [3.63, 3.8) is 0 Å². The lowest BCUT2D eigenvalue weighted by Gasteiger charge is -2.12. The van der Waals surface area contributed by atoms with Gasteiger partial charge in [-0.3, -0.25) is 0 Å². The molecule has 1 saturated heterocycles. The summed E-state index contributed by atoms with van der Waals surface area (Å²) in [5.74, 6) is 0.970. The normalized spacial score (nSPS) is 20.3. The van der Waals surface area contributed by atoms with Gasteiger partial charge in [0, 0.05) is 6.04 Å². The lowest BCUT2D eigenvalue weighted by molar-refractivity contribution is 0.242. The molecule has 1 atom stereocenters. The lowest BCUT2D eigenvalue weighted by atomic mass is 10.0. The summed E-state index contributed by atoms with van der Waals surface area (Å²) in [4.78, 5) is 0. The van der Waals surface area contributed by atoms with Crippen molar-refractivity contribution in [2.24, 2.45) is 0 Å². The molecule has 16 heavy (non-hydrogen) atoms. The molecule has 2 rings (SSSR count). The number of rotatable bonds is 4. The fourth-order valence-electron chi connectivity index (χ4n) is 2.19. The smallest absolute Gasteiger partial charge is 0.119 e. The minimum Gasteiger partial charge on any atom is -0.491 e. The Kier molecular flexibility index (Phi) is 3.83. The van der Waals surface area contributed by atoms with Gasteiger partial charge in [0.25, 0.3) is 0 Å². The molecular formula is C14H21NO. The Labute approximate surface area is 98.0 Å². The standard InChI is InChI=1S/C14H21NO/c1-11(2)16-14-7-5-12(6-8-14)10-13-4-3-9-15-13/h5-8,11,13,15H,3-4,9-10H2,1-2H3. The molecule has 88 valence electrons. The molecule has 1 N–H and O–H groups in total. The van der Waals surface area contributed by atoms with Gasteiger partial charge in [0.1, 0.15) is 5.75 Å². The van der Waals surface area contributed by atoms with Gasteiger partial charge >= 0.3 is 0 Å². The number of benzene rings is 1. The van der Waals surface area contributed by atoms with Gasteiger partial charge in [0.05, 0.1) is 6.10 Å². The second-order valence-electron chi connectivity index (χ2n) is 4.81. The molecule has 0 aliphatic carbocycles. The van der Waals surface area contributed by atoms with Gasteiger partial charge < -0.3 is 10.1 Å². The summed E-state index contributed by atoms with van der Waals surface area (Å²) in [5.41, 5.74) is 1.40. The maximum atomic E-state index is 5.62. The second kappa shape index (κ2) is 5.35. The highest BCUT2D eigenvalue weighted by molar-refractivity contribution is 5.28. The van der Waals surface area contributed by atoms with Gasteiger partial charge in [0.2, 0.25) is 0 Å². The summed E-state index contributed by atoms with van der Waals surface area (Å²) in [6, 6.07) is 9.18.